The number of carbonyl (C=O) groups is 5. The number of nitrogens with one attached hydrogen (secondary N) is 5. The average Bonchev–Trinajstić information content (AvgIpc) is 3.11. The molecule has 14 heteroatoms. The van der Waals surface area contributed by atoms with Crippen LogP contribution in [-0.2, 0) is 32.1 Å². The number of aryl methyl sites for hydroxylation is 1. The monoisotopic (exact) mass is 718 g/mol. The molecule has 2 aromatic carbocycles. The van der Waals surface area contributed by atoms with Gasteiger partial charge >= 0.3 is 6.03 Å². The predicted molar refractivity (Wildman–Crippen MR) is 194 cm³/mol. The number of carbonyl (C=O) groups excluding carboxylic acids is 5. The maximum absolute atomic E-state index is 13.9. The molecule has 5 N–H and O–H groups in total. The summed E-state index contributed by atoms with van der Waals surface area (Å²) in [6.45, 7) is 6.29. The van der Waals surface area contributed by atoms with E-state index < -0.39 is 35.5 Å². The topological polar surface area (TPSA) is 175 Å². The van der Waals surface area contributed by atoms with Crippen LogP contribution in [0.3, 0.4) is 0 Å². The van der Waals surface area contributed by atoms with Gasteiger partial charge in [0.05, 0.1) is 6.20 Å². The molecule has 0 aliphatic carbocycles. The summed E-state index contributed by atoms with van der Waals surface area (Å²) in [5.41, 5.74) is 1.24. The van der Waals surface area contributed by atoms with E-state index in [0.717, 1.165) is 11.1 Å². The highest BCUT2D eigenvalue weighted by Crippen LogP contribution is 2.20. The fourth-order valence-corrected chi connectivity index (χ4v) is 5.85. The molecule has 1 saturated heterocycles. The van der Waals surface area contributed by atoms with Crippen molar-refractivity contribution in [1.29, 1.82) is 0 Å². The van der Waals surface area contributed by atoms with Gasteiger partial charge in [0.15, 0.2) is 5.82 Å². The van der Waals surface area contributed by atoms with Gasteiger partial charge in [-0.2, -0.15) is 0 Å². The summed E-state index contributed by atoms with van der Waals surface area (Å²) >= 11 is 6.30. The Balaban J connectivity index is 1.43. The first-order valence-corrected chi connectivity index (χ1v) is 17.5. The first-order valence-electron chi connectivity index (χ1n) is 17.2. The van der Waals surface area contributed by atoms with Crippen LogP contribution in [0.1, 0.15) is 64.0 Å². The van der Waals surface area contributed by atoms with Crippen molar-refractivity contribution in [2.24, 2.45) is 5.92 Å². The zero-order valence-electron chi connectivity index (χ0n) is 29.3. The number of benzene rings is 2. The summed E-state index contributed by atoms with van der Waals surface area (Å²) in [7, 11) is 0. The van der Waals surface area contributed by atoms with E-state index in [1.54, 1.807) is 17.0 Å². The second-order valence-electron chi connectivity index (χ2n) is 13.6. The van der Waals surface area contributed by atoms with Crippen molar-refractivity contribution < 1.29 is 24.0 Å². The van der Waals surface area contributed by atoms with Crippen LogP contribution in [-0.4, -0.2) is 75.2 Å². The van der Waals surface area contributed by atoms with Gasteiger partial charge < -0.3 is 31.5 Å². The highest BCUT2D eigenvalue weighted by molar-refractivity contribution is 6.31. The largest absolute Gasteiger partial charge is 0.352 e. The summed E-state index contributed by atoms with van der Waals surface area (Å²) in [6.07, 6.45) is 6.06. The summed E-state index contributed by atoms with van der Waals surface area (Å²) < 4.78 is 0. The first-order chi connectivity index (χ1) is 24.4. The van der Waals surface area contributed by atoms with Gasteiger partial charge in [0.25, 0.3) is 0 Å². The molecule has 0 saturated carbocycles. The Kier molecular flexibility index (Phi) is 14.3. The minimum absolute atomic E-state index is 0.00309. The Morgan fingerprint density at radius 3 is 2.24 bits per heavy atom. The molecular formula is C37H47ClN8O5. The zero-order chi connectivity index (χ0) is 36.8. The summed E-state index contributed by atoms with van der Waals surface area (Å²) in [4.78, 5) is 76.0. The van der Waals surface area contributed by atoms with Gasteiger partial charge in [-0.05, 0) is 70.1 Å². The number of urea groups is 1. The van der Waals surface area contributed by atoms with Gasteiger partial charge in [0, 0.05) is 54.9 Å². The third-order valence-electron chi connectivity index (χ3n) is 8.36. The van der Waals surface area contributed by atoms with Crippen molar-refractivity contribution in [3.8, 4) is 0 Å². The average molecular weight is 719 g/mol. The van der Waals surface area contributed by atoms with Gasteiger partial charge in [0.1, 0.15) is 12.1 Å². The van der Waals surface area contributed by atoms with Crippen molar-refractivity contribution >= 4 is 47.1 Å². The second kappa shape index (κ2) is 18.8. The molecule has 1 aliphatic rings. The van der Waals surface area contributed by atoms with Crippen molar-refractivity contribution in [1.82, 2.24) is 36.1 Å². The molecule has 0 bridgehead atoms. The van der Waals surface area contributed by atoms with Crippen molar-refractivity contribution in [3.63, 3.8) is 0 Å². The summed E-state index contributed by atoms with van der Waals surface area (Å²) in [6, 6.07) is 14.2. The molecule has 0 spiro atoms. The van der Waals surface area contributed by atoms with Crippen LogP contribution < -0.4 is 26.6 Å². The maximum Gasteiger partial charge on any atom is 0.318 e. The van der Waals surface area contributed by atoms with E-state index in [4.69, 9.17) is 11.6 Å². The number of aromatic nitrogens is 2. The highest BCUT2D eigenvalue weighted by Gasteiger charge is 2.32. The van der Waals surface area contributed by atoms with Gasteiger partial charge in [-0.15, -0.1) is 0 Å². The molecule has 0 unspecified atom stereocenters. The molecule has 1 aliphatic heterocycles. The van der Waals surface area contributed by atoms with Crippen LogP contribution in [0.4, 0.5) is 10.6 Å². The van der Waals surface area contributed by atoms with Gasteiger partial charge in [-0.1, -0.05) is 60.1 Å². The fourth-order valence-electron chi connectivity index (χ4n) is 5.65. The van der Waals surface area contributed by atoms with E-state index in [2.05, 4.69) is 36.6 Å². The Hall–Kier alpha value is -5.04. The van der Waals surface area contributed by atoms with E-state index in [1.807, 2.05) is 63.2 Å². The first kappa shape index (κ1) is 38.8. The molecule has 6 amide bonds. The summed E-state index contributed by atoms with van der Waals surface area (Å²) in [5, 5.41) is 14.7. The van der Waals surface area contributed by atoms with Crippen molar-refractivity contribution in [2.75, 3.05) is 18.4 Å². The quantitative estimate of drug-likeness (QED) is 0.168. The minimum atomic E-state index is -1.11. The number of anilines is 1. The number of hydrogen-bond acceptors (Lipinski definition) is 7. The highest BCUT2D eigenvalue weighted by atomic mass is 35.5. The number of amides is 6. The predicted octanol–water partition coefficient (Wildman–Crippen LogP) is 3.99. The lowest BCUT2D eigenvalue weighted by Crippen LogP contribution is -2.56. The third kappa shape index (κ3) is 13.0. The molecule has 1 aromatic heterocycles. The van der Waals surface area contributed by atoms with Crippen LogP contribution in [0.25, 0.3) is 0 Å². The number of halogens is 1. The van der Waals surface area contributed by atoms with E-state index in [-0.39, 0.29) is 50.2 Å². The van der Waals surface area contributed by atoms with Crippen LogP contribution in [0.2, 0.25) is 5.02 Å². The zero-order valence-corrected chi connectivity index (χ0v) is 30.0. The van der Waals surface area contributed by atoms with Crippen LogP contribution >= 0.6 is 11.6 Å². The Morgan fingerprint density at radius 2 is 1.57 bits per heavy atom. The smallest absolute Gasteiger partial charge is 0.318 e. The third-order valence-corrected chi connectivity index (χ3v) is 8.73. The van der Waals surface area contributed by atoms with Crippen molar-refractivity contribution in [2.45, 2.75) is 83.5 Å². The van der Waals surface area contributed by atoms with Crippen LogP contribution in [0, 0.1) is 5.92 Å². The lowest BCUT2D eigenvalue weighted by atomic mass is 9.96. The Labute approximate surface area is 303 Å². The maximum atomic E-state index is 13.9. The molecule has 3 aromatic rings. The lowest BCUT2D eigenvalue weighted by Gasteiger charge is -2.32. The molecule has 1 fully saturated rings. The summed E-state index contributed by atoms with van der Waals surface area (Å²) in [5.74, 6) is -1.44. The number of nitrogens with zero attached hydrogens (tertiary/aromatic N) is 3. The SMILES string of the molecule is CC(C)(C)NC(=O)CC[C@H](NC(=O)N1CCC(C(=O)Nc2cnccn2)CC1)C(=O)N[C@@H](CCc1ccccc1)C(=O)NCc1ccccc1Cl. The van der Waals surface area contributed by atoms with E-state index in [1.165, 1.54) is 18.6 Å². The normalized spacial score (nSPS) is 14.5. The van der Waals surface area contributed by atoms with Crippen molar-refractivity contribution in [3.05, 3.63) is 89.3 Å². The number of piperidine rings is 1. The molecule has 2 atom stereocenters. The molecule has 272 valence electrons. The van der Waals surface area contributed by atoms with E-state index >= 15 is 0 Å². The van der Waals surface area contributed by atoms with Crippen LogP contribution in [0.15, 0.2) is 73.2 Å². The fraction of sp³-hybridized carbons (Fsp3) is 0.432. The standard InChI is InChI=1S/C37H47ClN8O5/c1-37(2,3)45-32(47)16-15-30(43-36(51)46-21-17-26(18-22-46)33(48)44-31-24-39-19-20-40-31)35(50)42-29(14-13-25-9-5-4-6-10-25)34(49)41-23-27-11-7-8-12-28(27)38/h4-12,19-20,24,26,29-30H,13-18,21-23H2,1-3H3,(H,41,49)(H,42,50)(H,43,51)(H,45,47)(H,40,44,48)/t29-,30-/m0/s1. The number of rotatable bonds is 14. The Bertz CT molecular complexity index is 1630. The second-order valence-corrected chi connectivity index (χ2v) is 14.0. The molecule has 13 nitrogen and oxygen atoms in total. The van der Waals surface area contributed by atoms with Gasteiger partial charge in [-0.25, -0.2) is 9.78 Å². The van der Waals surface area contributed by atoms with Gasteiger partial charge in [0.2, 0.25) is 23.6 Å². The molecule has 51 heavy (non-hydrogen) atoms. The van der Waals surface area contributed by atoms with E-state index in [9.17, 15) is 24.0 Å². The Morgan fingerprint density at radius 1 is 0.882 bits per heavy atom. The lowest BCUT2D eigenvalue weighted by molar-refractivity contribution is -0.130. The molecule has 4 rings (SSSR count). The number of hydrogen-bond donors (Lipinski definition) is 5. The minimum Gasteiger partial charge on any atom is -0.352 e. The number of likely N-dealkylation sites (tertiary alicyclic amines) is 1. The molecular weight excluding hydrogens is 672 g/mol. The van der Waals surface area contributed by atoms with Gasteiger partial charge in [-0.3, -0.25) is 24.2 Å². The molecule has 0 radical (unpaired) electrons. The van der Waals surface area contributed by atoms with E-state index in [0.29, 0.717) is 36.5 Å². The molecule has 2 heterocycles. The van der Waals surface area contributed by atoms with Crippen LogP contribution in [0.5, 0.6) is 0 Å².